The first kappa shape index (κ1) is 15.4. The number of nitrogens with zero attached hydrogens (tertiary/aromatic N) is 1. The predicted molar refractivity (Wildman–Crippen MR) is 85.1 cm³/mol. The van der Waals surface area contributed by atoms with E-state index in [0.717, 1.165) is 16.9 Å². The van der Waals surface area contributed by atoms with Crippen LogP contribution in [0.25, 0.3) is 0 Å². The van der Waals surface area contributed by atoms with Crippen LogP contribution in [-0.4, -0.2) is 17.0 Å². The molecule has 0 saturated heterocycles. The molecule has 0 bridgehead atoms. The second kappa shape index (κ2) is 5.76. The molecule has 0 N–H and O–H groups in total. The van der Waals surface area contributed by atoms with Gasteiger partial charge in [-0.3, -0.25) is 4.79 Å². The molecule has 21 heavy (non-hydrogen) atoms. The first-order chi connectivity index (χ1) is 9.77. The van der Waals surface area contributed by atoms with E-state index in [0.29, 0.717) is 5.56 Å². The lowest BCUT2D eigenvalue weighted by Crippen LogP contribution is -2.17. The van der Waals surface area contributed by atoms with Gasteiger partial charge in [0.15, 0.2) is 6.61 Å². The summed E-state index contributed by atoms with van der Waals surface area (Å²) in [4.78, 5) is 12.1. The summed E-state index contributed by atoms with van der Waals surface area (Å²) in [6.45, 7) is 8.52. The summed E-state index contributed by atoms with van der Waals surface area (Å²) in [5, 5.41) is 0. The summed E-state index contributed by atoms with van der Waals surface area (Å²) in [6.07, 6.45) is 3.67. The molecule has 2 aromatic rings. The molecule has 1 aromatic carbocycles. The molecule has 0 spiro atoms. The Hall–Kier alpha value is -2.03. The van der Waals surface area contributed by atoms with Gasteiger partial charge in [-0.2, -0.15) is 0 Å². The minimum atomic E-state index is -0.0151. The van der Waals surface area contributed by atoms with Gasteiger partial charge in [0.05, 0.1) is 0 Å². The molecule has 0 radical (unpaired) electrons. The molecule has 3 nitrogen and oxygen atoms in total. The Bertz CT molecular complexity index is 647. The van der Waals surface area contributed by atoms with E-state index in [1.165, 1.54) is 0 Å². The van der Waals surface area contributed by atoms with Gasteiger partial charge >= 0.3 is 0 Å². The molecular weight excluding hydrogens is 262 g/mol. The van der Waals surface area contributed by atoms with Gasteiger partial charge in [0.1, 0.15) is 5.75 Å². The fourth-order valence-electron chi connectivity index (χ4n) is 2.26. The maximum Gasteiger partial charge on any atom is 0.201 e. The molecule has 1 heterocycles. The van der Waals surface area contributed by atoms with Crippen molar-refractivity contribution < 1.29 is 9.53 Å². The Morgan fingerprint density at radius 3 is 2.52 bits per heavy atom. The largest absolute Gasteiger partial charge is 0.485 e. The maximum atomic E-state index is 12.1. The highest BCUT2D eigenvalue weighted by Crippen LogP contribution is 2.32. The van der Waals surface area contributed by atoms with Gasteiger partial charge in [0.2, 0.25) is 5.78 Å². The molecule has 1 aromatic heterocycles. The minimum absolute atomic E-state index is 0.00281. The molecule has 0 aliphatic heterocycles. The van der Waals surface area contributed by atoms with Crippen LogP contribution in [0.4, 0.5) is 0 Å². The van der Waals surface area contributed by atoms with E-state index in [1.54, 1.807) is 0 Å². The Morgan fingerprint density at radius 1 is 1.24 bits per heavy atom. The van der Waals surface area contributed by atoms with Crippen molar-refractivity contribution in [2.24, 2.45) is 7.05 Å². The molecule has 2 rings (SSSR count). The first-order valence-corrected chi connectivity index (χ1v) is 7.16. The number of Topliss-reactive ketones (excluding diaryl/α,β-unsaturated/α-hetero) is 1. The lowest BCUT2D eigenvalue weighted by atomic mass is 9.86. The molecule has 0 unspecified atom stereocenters. The normalized spacial score (nSPS) is 11.5. The van der Waals surface area contributed by atoms with E-state index >= 15 is 0 Å². The molecule has 0 fully saturated rings. The van der Waals surface area contributed by atoms with Crippen molar-refractivity contribution in [3.63, 3.8) is 0 Å². The average molecular weight is 285 g/mol. The van der Waals surface area contributed by atoms with Crippen molar-refractivity contribution in [2.45, 2.75) is 33.1 Å². The molecule has 0 saturated carbocycles. The number of benzene rings is 1. The average Bonchev–Trinajstić information content (AvgIpc) is 2.81. The van der Waals surface area contributed by atoms with Crippen LogP contribution < -0.4 is 4.74 Å². The highest BCUT2D eigenvalue weighted by Gasteiger charge is 2.19. The van der Waals surface area contributed by atoms with Crippen molar-refractivity contribution in [3.8, 4) is 5.75 Å². The molecule has 0 amide bonds. The minimum Gasteiger partial charge on any atom is -0.485 e. The Morgan fingerprint density at radius 2 is 1.95 bits per heavy atom. The monoisotopic (exact) mass is 285 g/mol. The summed E-state index contributed by atoms with van der Waals surface area (Å²) < 4.78 is 7.67. The number of carbonyl (C=O) groups excluding carboxylic acids is 1. The second-order valence-electron chi connectivity index (χ2n) is 6.53. The Labute approximate surface area is 126 Å². The van der Waals surface area contributed by atoms with Gasteiger partial charge < -0.3 is 9.30 Å². The number of aromatic nitrogens is 1. The number of ketones is 1. The van der Waals surface area contributed by atoms with Crippen molar-refractivity contribution in [3.05, 3.63) is 53.3 Å². The summed E-state index contributed by atoms with van der Waals surface area (Å²) >= 11 is 0. The number of hydrogen-bond donors (Lipinski definition) is 0. The molecule has 0 aliphatic carbocycles. The molecule has 3 heteroatoms. The van der Waals surface area contributed by atoms with Gasteiger partial charge in [-0.15, -0.1) is 0 Å². The van der Waals surface area contributed by atoms with Crippen LogP contribution in [0.1, 0.15) is 42.3 Å². The van der Waals surface area contributed by atoms with Crippen LogP contribution >= 0.6 is 0 Å². The lowest BCUT2D eigenvalue weighted by Gasteiger charge is -2.23. The third-order valence-corrected chi connectivity index (χ3v) is 3.46. The van der Waals surface area contributed by atoms with Crippen LogP contribution in [0.5, 0.6) is 5.75 Å². The van der Waals surface area contributed by atoms with Gasteiger partial charge in [0, 0.05) is 25.0 Å². The van der Waals surface area contributed by atoms with E-state index in [-0.39, 0.29) is 17.8 Å². The van der Waals surface area contributed by atoms with Crippen molar-refractivity contribution >= 4 is 5.78 Å². The zero-order chi connectivity index (χ0) is 15.6. The van der Waals surface area contributed by atoms with E-state index in [2.05, 4.69) is 32.9 Å². The third-order valence-electron chi connectivity index (χ3n) is 3.46. The molecular formula is C18H23NO2. The van der Waals surface area contributed by atoms with Gasteiger partial charge in [0.25, 0.3) is 0 Å². The van der Waals surface area contributed by atoms with Gasteiger partial charge in [-0.05, 0) is 35.6 Å². The summed E-state index contributed by atoms with van der Waals surface area (Å²) in [5.41, 5.74) is 2.92. The quantitative estimate of drug-likeness (QED) is 0.798. The molecule has 112 valence electrons. The fraction of sp³-hybridized carbons (Fsp3) is 0.389. The van der Waals surface area contributed by atoms with E-state index in [4.69, 9.17) is 4.74 Å². The summed E-state index contributed by atoms with van der Waals surface area (Å²) in [7, 11) is 1.90. The van der Waals surface area contributed by atoms with E-state index < -0.39 is 0 Å². The van der Waals surface area contributed by atoms with E-state index in [9.17, 15) is 4.79 Å². The van der Waals surface area contributed by atoms with Crippen LogP contribution in [0.2, 0.25) is 0 Å². The topological polar surface area (TPSA) is 31.2 Å². The third kappa shape index (κ3) is 3.75. The Balaban J connectivity index is 2.16. The fourth-order valence-corrected chi connectivity index (χ4v) is 2.26. The maximum absolute atomic E-state index is 12.1. The second-order valence-corrected chi connectivity index (χ2v) is 6.53. The van der Waals surface area contributed by atoms with Crippen molar-refractivity contribution in [1.82, 2.24) is 4.57 Å². The van der Waals surface area contributed by atoms with Crippen LogP contribution in [0, 0.1) is 6.92 Å². The summed E-state index contributed by atoms with van der Waals surface area (Å²) in [5.74, 6) is 0.795. The van der Waals surface area contributed by atoms with Gasteiger partial charge in [-0.1, -0.05) is 32.9 Å². The SMILES string of the molecule is Cc1ccc(C(C)(C)C)c(OCC(=O)c2ccn(C)c2)c1. The zero-order valence-corrected chi connectivity index (χ0v) is 13.4. The number of rotatable bonds is 4. The van der Waals surface area contributed by atoms with Crippen molar-refractivity contribution in [2.75, 3.05) is 6.61 Å². The first-order valence-electron chi connectivity index (χ1n) is 7.16. The predicted octanol–water partition coefficient (Wildman–Crippen LogP) is 3.89. The Kier molecular flexibility index (Phi) is 4.21. The highest BCUT2D eigenvalue weighted by molar-refractivity contribution is 5.97. The van der Waals surface area contributed by atoms with Crippen LogP contribution in [0.3, 0.4) is 0 Å². The standard InChI is InChI=1S/C18H23NO2/c1-13-6-7-15(18(2,3)4)17(10-13)21-12-16(20)14-8-9-19(5)11-14/h6-11H,12H2,1-5H3. The zero-order valence-electron chi connectivity index (χ0n) is 13.4. The van der Waals surface area contributed by atoms with E-state index in [1.807, 2.05) is 43.1 Å². The highest BCUT2D eigenvalue weighted by atomic mass is 16.5. The summed E-state index contributed by atoms with van der Waals surface area (Å²) in [6, 6.07) is 7.97. The number of aryl methyl sites for hydroxylation is 2. The number of ether oxygens (including phenoxy) is 1. The number of carbonyl (C=O) groups is 1. The molecule has 0 aliphatic rings. The number of hydrogen-bond acceptors (Lipinski definition) is 2. The lowest BCUT2D eigenvalue weighted by molar-refractivity contribution is 0.0920. The van der Waals surface area contributed by atoms with Crippen molar-refractivity contribution in [1.29, 1.82) is 0 Å². The van der Waals surface area contributed by atoms with Crippen LogP contribution in [-0.2, 0) is 12.5 Å². The van der Waals surface area contributed by atoms with Crippen LogP contribution in [0.15, 0.2) is 36.7 Å². The smallest absolute Gasteiger partial charge is 0.201 e. The van der Waals surface area contributed by atoms with Gasteiger partial charge in [-0.25, -0.2) is 0 Å². The molecule has 0 atom stereocenters.